The highest BCUT2D eigenvalue weighted by molar-refractivity contribution is 4.92. The molecule has 2 heteroatoms. The highest BCUT2D eigenvalue weighted by Crippen LogP contribution is 1.98. The van der Waals surface area contributed by atoms with Crippen LogP contribution in [0.25, 0.3) is 0 Å². The number of methoxy groups -OCH3 is 1. The summed E-state index contributed by atoms with van der Waals surface area (Å²) in [5, 5.41) is 0. The second kappa shape index (κ2) is 2.84. The standard InChI is InChI=1S/C6H10O2/c1-7-6-3-2-4-8-5-6/h2-3,6H,4-5H2,1H3. The molecule has 1 aliphatic heterocycles. The fourth-order valence-electron chi connectivity index (χ4n) is 0.662. The van der Waals surface area contributed by atoms with Crippen molar-refractivity contribution in [2.75, 3.05) is 20.3 Å². The van der Waals surface area contributed by atoms with Crippen LogP contribution >= 0.6 is 0 Å². The average Bonchev–Trinajstić information content (AvgIpc) is 1.90. The molecule has 1 heterocycles. The van der Waals surface area contributed by atoms with Gasteiger partial charge in [-0.1, -0.05) is 12.2 Å². The van der Waals surface area contributed by atoms with Crippen molar-refractivity contribution in [2.24, 2.45) is 0 Å². The van der Waals surface area contributed by atoms with Crippen molar-refractivity contribution < 1.29 is 9.47 Å². The first kappa shape index (κ1) is 5.79. The van der Waals surface area contributed by atoms with Crippen LogP contribution in [0.1, 0.15) is 0 Å². The van der Waals surface area contributed by atoms with Gasteiger partial charge in [0.25, 0.3) is 0 Å². The van der Waals surface area contributed by atoms with E-state index in [9.17, 15) is 0 Å². The van der Waals surface area contributed by atoms with E-state index in [4.69, 9.17) is 9.47 Å². The maximum absolute atomic E-state index is 5.06. The molecule has 0 saturated carbocycles. The van der Waals surface area contributed by atoms with Crippen LogP contribution in [0.5, 0.6) is 0 Å². The highest BCUT2D eigenvalue weighted by Gasteiger charge is 2.04. The lowest BCUT2D eigenvalue weighted by molar-refractivity contribution is 0.0336. The van der Waals surface area contributed by atoms with Gasteiger partial charge in [0.05, 0.1) is 19.3 Å². The third kappa shape index (κ3) is 1.32. The summed E-state index contributed by atoms with van der Waals surface area (Å²) in [5.74, 6) is 0. The molecule has 0 aromatic carbocycles. The molecule has 0 aliphatic carbocycles. The maximum Gasteiger partial charge on any atom is 0.0986 e. The SMILES string of the molecule is COC1C=CCOC1. The molecule has 0 fully saturated rings. The van der Waals surface area contributed by atoms with E-state index < -0.39 is 0 Å². The van der Waals surface area contributed by atoms with Crippen molar-refractivity contribution in [3.05, 3.63) is 12.2 Å². The predicted molar refractivity (Wildman–Crippen MR) is 30.8 cm³/mol. The summed E-state index contributed by atoms with van der Waals surface area (Å²) in [4.78, 5) is 0. The molecule has 8 heavy (non-hydrogen) atoms. The van der Waals surface area contributed by atoms with Gasteiger partial charge in [-0.15, -0.1) is 0 Å². The monoisotopic (exact) mass is 114 g/mol. The molecule has 0 radical (unpaired) electrons. The van der Waals surface area contributed by atoms with Gasteiger partial charge in [-0.3, -0.25) is 0 Å². The summed E-state index contributed by atoms with van der Waals surface area (Å²) in [7, 11) is 1.68. The lowest BCUT2D eigenvalue weighted by Crippen LogP contribution is -2.19. The van der Waals surface area contributed by atoms with Crippen LogP contribution < -0.4 is 0 Å². The van der Waals surface area contributed by atoms with Crippen molar-refractivity contribution >= 4 is 0 Å². The van der Waals surface area contributed by atoms with Crippen LogP contribution in [0.2, 0.25) is 0 Å². The van der Waals surface area contributed by atoms with E-state index >= 15 is 0 Å². The van der Waals surface area contributed by atoms with Crippen molar-refractivity contribution in [3.63, 3.8) is 0 Å². The van der Waals surface area contributed by atoms with Crippen molar-refractivity contribution in [2.45, 2.75) is 6.10 Å². The topological polar surface area (TPSA) is 18.5 Å². The molecule has 0 N–H and O–H groups in total. The third-order valence-electron chi connectivity index (χ3n) is 1.15. The molecule has 46 valence electrons. The molecule has 1 atom stereocenters. The van der Waals surface area contributed by atoms with E-state index in [1.807, 2.05) is 12.2 Å². The van der Waals surface area contributed by atoms with Crippen LogP contribution in [0.15, 0.2) is 12.2 Å². The normalized spacial score (nSPS) is 28.4. The summed E-state index contributed by atoms with van der Waals surface area (Å²) in [6.45, 7) is 1.44. The van der Waals surface area contributed by atoms with Crippen LogP contribution in [-0.2, 0) is 9.47 Å². The first-order valence-corrected chi connectivity index (χ1v) is 2.70. The molecule has 0 saturated heterocycles. The summed E-state index contributed by atoms with van der Waals surface area (Å²) < 4.78 is 10.0. The fraction of sp³-hybridized carbons (Fsp3) is 0.667. The second-order valence-electron chi connectivity index (χ2n) is 1.74. The number of rotatable bonds is 1. The summed E-state index contributed by atoms with van der Waals surface area (Å²) in [5.41, 5.74) is 0. The molecule has 1 aliphatic rings. The molecule has 0 spiro atoms. The summed E-state index contributed by atoms with van der Waals surface area (Å²) >= 11 is 0. The Morgan fingerprint density at radius 3 is 3.00 bits per heavy atom. The zero-order chi connectivity index (χ0) is 5.82. The van der Waals surface area contributed by atoms with Gasteiger partial charge < -0.3 is 9.47 Å². The van der Waals surface area contributed by atoms with Crippen molar-refractivity contribution in [1.29, 1.82) is 0 Å². The van der Waals surface area contributed by atoms with Crippen molar-refractivity contribution in [1.82, 2.24) is 0 Å². The fourth-order valence-corrected chi connectivity index (χ4v) is 0.662. The minimum atomic E-state index is 0.184. The quantitative estimate of drug-likeness (QED) is 0.464. The van der Waals surface area contributed by atoms with E-state index in [-0.39, 0.29) is 6.10 Å². The van der Waals surface area contributed by atoms with E-state index in [0.717, 1.165) is 6.61 Å². The predicted octanol–water partition coefficient (Wildman–Crippen LogP) is 0.588. The van der Waals surface area contributed by atoms with Gasteiger partial charge in [-0.25, -0.2) is 0 Å². The van der Waals surface area contributed by atoms with Crippen LogP contribution in [0.3, 0.4) is 0 Å². The molecule has 0 bridgehead atoms. The van der Waals surface area contributed by atoms with Crippen LogP contribution in [0.4, 0.5) is 0 Å². The molecule has 1 unspecified atom stereocenters. The Kier molecular flexibility index (Phi) is 2.06. The number of hydrogen-bond donors (Lipinski definition) is 0. The van der Waals surface area contributed by atoms with Gasteiger partial charge >= 0.3 is 0 Å². The lowest BCUT2D eigenvalue weighted by atomic mass is 10.3. The van der Waals surface area contributed by atoms with Crippen LogP contribution in [0, 0.1) is 0 Å². The Hall–Kier alpha value is -0.340. The van der Waals surface area contributed by atoms with Crippen LogP contribution in [-0.4, -0.2) is 26.4 Å². The Labute approximate surface area is 49.1 Å². The molecule has 0 amide bonds. The Morgan fingerprint density at radius 1 is 1.75 bits per heavy atom. The highest BCUT2D eigenvalue weighted by atomic mass is 16.5. The van der Waals surface area contributed by atoms with Gasteiger partial charge in [-0.2, -0.15) is 0 Å². The molecule has 0 aromatic rings. The molecular formula is C6H10O2. The Balaban J connectivity index is 2.32. The second-order valence-corrected chi connectivity index (χ2v) is 1.74. The summed E-state index contributed by atoms with van der Waals surface area (Å²) in [6.07, 6.45) is 4.17. The van der Waals surface area contributed by atoms with E-state index in [1.165, 1.54) is 0 Å². The molecule has 1 rings (SSSR count). The molecule has 2 nitrogen and oxygen atoms in total. The van der Waals surface area contributed by atoms with E-state index in [0.29, 0.717) is 6.61 Å². The van der Waals surface area contributed by atoms with E-state index in [2.05, 4.69) is 0 Å². The van der Waals surface area contributed by atoms with Gasteiger partial charge in [0.15, 0.2) is 0 Å². The number of ether oxygens (including phenoxy) is 2. The minimum Gasteiger partial charge on any atom is -0.375 e. The zero-order valence-corrected chi connectivity index (χ0v) is 4.96. The molecule has 0 aromatic heterocycles. The first-order valence-electron chi connectivity index (χ1n) is 2.70. The Bertz CT molecular complexity index is 88.5. The van der Waals surface area contributed by atoms with E-state index in [1.54, 1.807) is 7.11 Å². The smallest absolute Gasteiger partial charge is 0.0986 e. The van der Waals surface area contributed by atoms with Gasteiger partial charge in [-0.05, 0) is 0 Å². The minimum absolute atomic E-state index is 0.184. The zero-order valence-electron chi connectivity index (χ0n) is 4.96. The lowest BCUT2D eigenvalue weighted by Gasteiger charge is -2.14. The largest absolute Gasteiger partial charge is 0.375 e. The number of hydrogen-bond acceptors (Lipinski definition) is 2. The van der Waals surface area contributed by atoms with Gasteiger partial charge in [0.1, 0.15) is 0 Å². The summed E-state index contributed by atoms with van der Waals surface area (Å²) in [6, 6.07) is 0. The average molecular weight is 114 g/mol. The van der Waals surface area contributed by atoms with Gasteiger partial charge in [0.2, 0.25) is 0 Å². The molecular weight excluding hydrogens is 104 g/mol. The third-order valence-corrected chi connectivity index (χ3v) is 1.15. The maximum atomic E-state index is 5.06. The Morgan fingerprint density at radius 2 is 2.62 bits per heavy atom. The van der Waals surface area contributed by atoms with Crippen molar-refractivity contribution in [3.8, 4) is 0 Å². The van der Waals surface area contributed by atoms with Gasteiger partial charge in [0, 0.05) is 7.11 Å². The first-order chi connectivity index (χ1) is 3.93.